The molecule has 0 aliphatic rings. The second-order valence-corrected chi connectivity index (χ2v) is 6.29. The van der Waals surface area contributed by atoms with E-state index in [4.69, 9.17) is 5.73 Å². The number of hydrogen-bond acceptors (Lipinski definition) is 2. The summed E-state index contributed by atoms with van der Waals surface area (Å²) in [7, 11) is 0. The van der Waals surface area contributed by atoms with Gasteiger partial charge in [-0.2, -0.15) is 0 Å². The molecule has 1 aromatic rings. The Balaban J connectivity index is 2.70. The fourth-order valence-electron chi connectivity index (χ4n) is 3.02. The van der Waals surface area contributed by atoms with Gasteiger partial charge in [0.25, 0.3) is 0 Å². The van der Waals surface area contributed by atoms with Gasteiger partial charge in [0, 0.05) is 11.1 Å². The normalized spacial score (nSPS) is 11.8. The molecule has 0 saturated carbocycles. The Labute approximate surface area is 130 Å². The SMILES string of the molecule is CCCCCCC(N)(CCCCCC)c1ccccc1O. The molecular formula is C19H33NO. The van der Waals surface area contributed by atoms with Crippen molar-refractivity contribution in [2.24, 2.45) is 5.73 Å². The van der Waals surface area contributed by atoms with Gasteiger partial charge in [-0.3, -0.25) is 0 Å². The standard InChI is InChI=1S/C19H33NO/c1-3-5-7-11-15-19(20,16-12-8-6-4-2)17-13-9-10-14-18(17)21/h9-10,13-14,21H,3-8,11-12,15-16,20H2,1-2H3. The van der Waals surface area contributed by atoms with E-state index in [1.54, 1.807) is 6.07 Å². The van der Waals surface area contributed by atoms with Crippen LogP contribution in [0.3, 0.4) is 0 Å². The Morgan fingerprint density at radius 1 is 0.857 bits per heavy atom. The predicted molar refractivity (Wildman–Crippen MR) is 91.5 cm³/mol. The van der Waals surface area contributed by atoms with Crippen molar-refractivity contribution in [2.45, 2.75) is 83.6 Å². The maximum Gasteiger partial charge on any atom is 0.120 e. The van der Waals surface area contributed by atoms with Gasteiger partial charge in [0.05, 0.1) is 0 Å². The molecular weight excluding hydrogens is 258 g/mol. The fraction of sp³-hybridized carbons (Fsp3) is 0.684. The van der Waals surface area contributed by atoms with Crippen LogP contribution in [0.5, 0.6) is 5.75 Å². The van der Waals surface area contributed by atoms with Gasteiger partial charge >= 0.3 is 0 Å². The van der Waals surface area contributed by atoms with Crippen molar-refractivity contribution in [1.82, 2.24) is 0 Å². The largest absolute Gasteiger partial charge is 0.508 e. The van der Waals surface area contributed by atoms with Gasteiger partial charge in [-0.15, -0.1) is 0 Å². The van der Waals surface area contributed by atoms with Crippen LogP contribution in [0.4, 0.5) is 0 Å². The molecule has 0 aliphatic heterocycles. The van der Waals surface area contributed by atoms with E-state index in [-0.39, 0.29) is 5.54 Å². The molecule has 0 unspecified atom stereocenters. The van der Waals surface area contributed by atoms with Crippen LogP contribution in [-0.2, 0) is 5.54 Å². The minimum absolute atomic E-state index is 0.353. The number of para-hydroxylation sites is 1. The third-order valence-electron chi connectivity index (χ3n) is 4.39. The minimum atomic E-state index is -0.368. The molecule has 2 heteroatoms. The molecule has 0 spiro atoms. The predicted octanol–water partition coefficient (Wildman–Crippen LogP) is 5.49. The van der Waals surface area contributed by atoms with E-state index in [0.717, 1.165) is 31.2 Å². The summed E-state index contributed by atoms with van der Waals surface area (Å²) >= 11 is 0. The molecule has 120 valence electrons. The number of nitrogens with two attached hydrogens (primary N) is 1. The topological polar surface area (TPSA) is 46.2 Å². The van der Waals surface area contributed by atoms with Crippen molar-refractivity contribution in [2.75, 3.05) is 0 Å². The van der Waals surface area contributed by atoms with E-state index in [0.29, 0.717) is 5.75 Å². The number of phenols is 1. The smallest absolute Gasteiger partial charge is 0.120 e. The number of hydrogen-bond donors (Lipinski definition) is 2. The first-order valence-corrected chi connectivity index (χ1v) is 8.71. The third kappa shape index (κ3) is 6.09. The molecule has 0 amide bonds. The molecule has 0 radical (unpaired) electrons. The van der Waals surface area contributed by atoms with Crippen LogP contribution < -0.4 is 5.73 Å². The number of benzene rings is 1. The van der Waals surface area contributed by atoms with Gasteiger partial charge in [-0.25, -0.2) is 0 Å². The quantitative estimate of drug-likeness (QED) is 0.530. The van der Waals surface area contributed by atoms with Gasteiger partial charge in [0.1, 0.15) is 5.75 Å². The monoisotopic (exact) mass is 291 g/mol. The molecule has 2 nitrogen and oxygen atoms in total. The van der Waals surface area contributed by atoms with E-state index in [1.165, 1.54) is 38.5 Å². The summed E-state index contributed by atoms with van der Waals surface area (Å²) < 4.78 is 0. The van der Waals surface area contributed by atoms with Crippen LogP contribution in [0.25, 0.3) is 0 Å². The zero-order valence-corrected chi connectivity index (χ0v) is 13.9. The van der Waals surface area contributed by atoms with E-state index in [2.05, 4.69) is 13.8 Å². The summed E-state index contributed by atoms with van der Waals surface area (Å²) in [5.74, 6) is 0.353. The van der Waals surface area contributed by atoms with Crippen molar-refractivity contribution in [1.29, 1.82) is 0 Å². The van der Waals surface area contributed by atoms with Crippen LogP contribution in [0.15, 0.2) is 24.3 Å². The Hall–Kier alpha value is -1.02. The molecule has 0 fully saturated rings. The summed E-state index contributed by atoms with van der Waals surface area (Å²) in [4.78, 5) is 0. The van der Waals surface area contributed by atoms with Crippen LogP contribution >= 0.6 is 0 Å². The Morgan fingerprint density at radius 3 is 1.86 bits per heavy atom. The van der Waals surface area contributed by atoms with Crippen molar-refractivity contribution in [3.63, 3.8) is 0 Å². The Bertz CT molecular complexity index is 377. The van der Waals surface area contributed by atoms with E-state index in [9.17, 15) is 5.11 Å². The number of phenolic OH excluding ortho intramolecular Hbond substituents is 1. The van der Waals surface area contributed by atoms with Crippen LogP contribution in [0, 0.1) is 0 Å². The maximum absolute atomic E-state index is 10.2. The molecule has 3 N–H and O–H groups in total. The number of unbranched alkanes of at least 4 members (excludes halogenated alkanes) is 6. The molecule has 1 aromatic carbocycles. The first-order chi connectivity index (χ1) is 10.1. The molecule has 0 atom stereocenters. The lowest BCUT2D eigenvalue weighted by Crippen LogP contribution is -2.36. The first-order valence-electron chi connectivity index (χ1n) is 8.71. The summed E-state index contributed by atoms with van der Waals surface area (Å²) in [5, 5.41) is 10.2. The van der Waals surface area contributed by atoms with Gasteiger partial charge in [-0.1, -0.05) is 83.4 Å². The van der Waals surface area contributed by atoms with Gasteiger partial charge in [0.2, 0.25) is 0 Å². The Kier molecular flexibility index (Phi) is 8.44. The Morgan fingerprint density at radius 2 is 1.38 bits per heavy atom. The number of aromatic hydroxyl groups is 1. The highest BCUT2D eigenvalue weighted by Crippen LogP contribution is 2.35. The molecule has 0 aliphatic carbocycles. The zero-order chi connectivity index (χ0) is 15.6. The van der Waals surface area contributed by atoms with Crippen molar-refractivity contribution in [3.8, 4) is 5.75 Å². The maximum atomic E-state index is 10.2. The second kappa shape index (κ2) is 9.83. The van der Waals surface area contributed by atoms with Crippen LogP contribution in [0.2, 0.25) is 0 Å². The van der Waals surface area contributed by atoms with Crippen LogP contribution in [-0.4, -0.2) is 5.11 Å². The average molecular weight is 291 g/mol. The highest BCUT2D eigenvalue weighted by atomic mass is 16.3. The van der Waals surface area contributed by atoms with Crippen LogP contribution in [0.1, 0.15) is 83.6 Å². The minimum Gasteiger partial charge on any atom is -0.508 e. The summed E-state index contributed by atoms with van der Waals surface area (Å²) in [6.45, 7) is 4.45. The van der Waals surface area contributed by atoms with Gasteiger partial charge < -0.3 is 10.8 Å². The highest BCUT2D eigenvalue weighted by molar-refractivity contribution is 5.37. The third-order valence-corrected chi connectivity index (χ3v) is 4.39. The highest BCUT2D eigenvalue weighted by Gasteiger charge is 2.28. The molecule has 0 heterocycles. The zero-order valence-electron chi connectivity index (χ0n) is 13.9. The van der Waals surface area contributed by atoms with Gasteiger partial charge in [0.15, 0.2) is 0 Å². The summed E-state index contributed by atoms with van der Waals surface area (Å²) in [6, 6.07) is 7.60. The second-order valence-electron chi connectivity index (χ2n) is 6.29. The average Bonchev–Trinajstić information content (AvgIpc) is 2.49. The van der Waals surface area contributed by atoms with Gasteiger partial charge in [-0.05, 0) is 18.9 Å². The summed E-state index contributed by atoms with van der Waals surface area (Å²) in [6.07, 6.45) is 11.7. The van der Waals surface area contributed by atoms with Crippen molar-refractivity contribution < 1.29 is 5.11 Å². The molecule has 21 heavy (non-hydrogen) atoms. The van der Waals surface area contributed by atoms with Crippen molar-refractivity contribution >= 4 is 0 Å². The van der Waals surface area contributed by atoms with E-state index < -0.39 is 0 Å². The lowest BCUT2D eigenvalue weighted by molar-refractivity contribution is 0.330. The van der Waals surface area contributed by atoms with E-state index >= 15 is 0 Å². The summed E-state index contributed by atoms with van der Waals surface area (Å²) in [5.41, 5.74) is 7.29. The van der Waals surface area contributed by atoms with Crippen molar-refractivity contribution in [3.05, 3.63) is 29.8 Å². The lowest BCUT2D eigenvalue weighted by atomic mass is 9.80. The lowest BCUT2D eigenvalue weighted by Gasteiger charge is -2.31. The number of rotatable bonds is 11. The molecule has 0 aromatic heterocycles. The molecule has 1 rings (SSSR count). The first kappa shape index (κ1) is 18.0. The molecule has 0 saturated heterocycles. The fourth-order valence-corrected chi connectivity index (χ4v) is 3.02. The van der Waals surface area contributed by atoms with E-state index in [1.807, 2.05) is 18.2 Å². The molecule has 0 bridgehead atoms.